The number of nitrogens with zero attached hydrogens (tertiary/aromatic N) is 5. The molecule has 2 aromatic carbocycles. The molecule has 0 atom stereocenters. The van der Waals surface area contributed by atoms with E-state index < -0.39 is 5.82 Å². The molecule has 7 nitrogen and oxygen atoms in total. The molecule has 1 N–H and O–H groups in total. The maximum atomic E-state index is 15.0. The van der Waals surface area contributed by atoms with Gasteiger partial charge in [-0.3, -0.25) is 9.78 Å². The van der Waals surface area contributed by atoms with E-state index in [0.717, 1.165) is 42.1 Å². The standard InChI is InChI=1S/C28H25FN6O/c29-23-16-20(9-10-22(23)28(36)31-21-6-2-1-3-7-21)25-12-13-26-27(32-25)35(34-33-26)17-18-8-11-24-19(15-18)5-4-14-30-24/h4-5,8-16,21H,1-3,6-7,17H2,(H,31,36). The fourth-order valence-corrected chi connectivity index (χ4v) is 4.89. The third-order valence-corrected chi connectivity index (χ3v) is 6.81. The van der Waals surface area contributed by atoms with E-state index in [9.17, 15) is 9.18 Å². The number of hydrogen-bond acceptors (Lipinski definition) is 5. The molecule has 6 rings (SSSR count). The first-order chi connectivity index (χ1) is 17.6. The lowest BCUT2D eigenvalue weighted by Gasteiger charge is -2.22. The lowest BCUT2D eigenvalue weighted by Crippen LogP contribution is -2.36. The predicted octanol–water partition coefficient (Wildman–Crippen LogP) is 5.29. The van der Waals surface area contributed by atoms with Crippen LogP contribution in [0.3, 0.4) is 0 Å². The lowest BCUT2D eigenvalue weighted by molar-refractivity contribution is 0.0923. The van der Waals surface area contributed by atoms with Crippen LogP contribution in [0.1, 0.15) is 48.0 Å². The monoisotopic (exact) mass is 480 g/mol. The predicted molar refractivity (Wildman–Crippen MR) is 136 cm³/mol. The second-order valence-electron chi connectivity index (χ2n) is 9.32. The van der Waals surface area contributed by atoms with Crippen LogP contribution < -0.4 is 5.32 Å². The zero-order chi connectivity index (χ0) is 24.5. The summed E-state index contributed by atoms with van der Waals surface area (Å²) in [5.41, 5.74) is 4.49. The van der Waals surface area contributed by atoms with Crippen LogP contribution in [0.5, 0.6) is 0 Å². The number of benzene rings is 2. The first-order valence-corrected chi connectivity index (χ1v) is 12.3. The molecule has 1 saturated carbocycles. The molecule has 0 bridgehead atoms. The molecule has 0 spiro atoms. The maximum Gasteiger partial charge on any atom is 0.254 e. The van der Waals surface area contributed by atoms with Crippen LogP contribution >= 0.6 is 0 Å². The molecule has 180 valence electrons. The first-order valence-electron chi connectivity index (χ1n) is 12.3. The van der Waals surface area contributed by atoms with E-state index in [1.807, 2.05) is 30.3 Å². The number of rotatable bonds is 5. The number of hydrogen-bond donors (Lipinski definition) is 1. The molecule has 5 aromatic rings. The van der Waals surface area contributed by atoms with Gasteiger partial charge in [0.1, 0.15) is 11.3 Å². The van der Waals surface area contributed by atoms with E-state index in [1.54, 1.807) is 23.0 Å². The summed E-state index contributed by atoms with van der Waals surface area (Å²) in [7, 11) is 0. The van der Waals surface area contributed by atoms with Crippen molar-refractivity contribution in [3.63, 3.8) is 0 Å². The van der Waals surface area contributed by atoms with E-state index in [-0.39, 0.29) is 17.5 Å². The Morgan fingerprint density at radius 2 is 1.86 bits per heavy atom. The third kappa shape index (κ3) is 4.42. The van der Waals surface area contributed by atoms with Crippen molar-refractivity contribution in [3.8, 4) is 11.3 Å². The van der Waals surface area contributed by atoms with Crippen LogP contribution in [-0.2, 0) is 6.54 Å². The van der Waals surface area contributed by atoms with Crippen LogP contribution in [0.2, 0.25) is 0 Å². The summed E-state index contributed by atoms with van der Waals surface area (Å²) in [4.78, 5) is 21.7. The number of halogens is 1. The van der Waals surface area contributed by atoms with Crippen molar-refractivity contribution in [2.24, 2.45) is 0 Å². The number of aromatic nitrogens is 5. The molecule has 0 radical (unpaired) electrons. The number of carbonyl (C=O) groups excluding carboxylic acids is 1. The minimum atomic E-state index is -0.556. The normalized spacial score (nSPS) is 14.4. The molecule has 3 heterocycles. The number of carbonyl (C=O) groups is 1. The van der Waals surface area contributed by atoms with Gasteiger partial charge in [-0.25, -0.2) is 14.1 Å². The molecule has 1 aliphatic rings. The van der Waals surface area contributed by atoms with Gasteiger partial charge in [0, 0.05) is 23.2 Å². The highest BCUT2D eigenvalue weighted by atomic mass is 19.1. The highest BCUT2D eigenvalue weighted by Gasteiger charge is 2.19. The molecule has 8 heteroatoms. The van der Waals surface area contributed by atoms with Gasteiger partial charge in [-0.2, -0.15) is 0 Å². The van der Waals surface area contributed by atoms with Gasteiger partial charge in [0.25, 0.3) is 5.91 Å². The van der Waals surface area contributed by atoms with Gasteiger partial charge >= 0.3 is 0 Å². The summed E-state index contributed by atoms with van der Waals surface area (Å²) in [5.74, 6) is -0.915. The molecule has 3 aromatic heterocycles. The molecule has 1 fully saturated rings. The van der Waals surface area contributed by atoms with Crippen LogP contribution in [0, 0.1) is 5.82 Å². The fourth-order valence-electron chi connectivity index (χ4n) is 4.89. The molecular weight excluding hydrogens is 455 g/mol. The maximum absolute atomic E-state index is 15.0. The average Bonchev–Trinajstić information content (AvgIpc) is 3.31. The van der Waals surface area contributed by atoms with Gasteiger partial charge in [0.2, 0.25) is 0 Å². The summed E-state index contributed by atoms with van der Waals surface area (Å²) >= 11 is 0. The van der Waals surface area contributed by atoms with Crippen LogP contribution in [0.25, 0.3) is 33.3 Å². The summed E-state index contributed by atoms with van der Waals surface area (Å²) in [6.07, 6.45) is 7.08. The van der Waals surface area contributed by atoms with E-state index in [0.29, 0.717) is 29.0 Å². The van der Waals surface area contributed by atoms with E-state index in [1.165, 1.54) is 18.6 Å². The summed E-state index contributed by atoms with van der Waals surface area (Å²) in [6.45, 7) is 0.492. The molecule has 0 unspecified atom stereocenters. The van der Waals surface area contributed by atoms with Gasteiger partial charge in [-0.1, -0.05) is 42.7 Å². The Morgan fingerprint density at radius 3 is 2.72 bits per heavy atom. The Bertz CT molecular complexity index is 1570. The SMILES string of the molecule is O=C(NC1CCCCC1)c1ccc(-c2ccc3nnn(Cc4ccc5ncccc5c4)c3n2)cc1F. The van der Waals surface area contributed by atoms with Crippen LogP contribution in [0.15, 0.2) is 66.9 Å². The number of amides is 1. The second kappa shape index (κ2) is 9.45. The van der Waals surface area contributed by atoms with E-state index in [4.69, 9.17) is 4.98 Å². The van der Waals surface area contributed by atoms with Crippen molar-refractivity contribution in [2.75, 3.05) is 0 Å². The molecule has 0 aliphatic heterocycles. The number of nitrogens with one attached hydrogen (secondary N) is 1. The van der Waals surface area contributed by atoms with Crippen LogP contribution in [0.4, 0.5) is 4.39 Å². The Labute approximate surface area is 207 Å². The molecule has 36 heavy (non-hydrogen) atoms. The van der Waals surface area contributed by atoms with Gasteiger partial charge in [0.15, 0.2) is 5.65 Å². The minimum absolute atomic E-state index is 0.0582. The van der Waals surface area contributed by atoms with Gasteiger partial charge in [0.05, 0.1) is 23.3 Å². The Balaban J connectivity index is 1.25. The molecule has 1 aliphatic carbocycles. The van der Waals surface area contributed by atoms with Crippen molar-refractivity contribution in [3.05, 3.63) is 83.8 Å². The lowest BCUT2D eigenvalue weighted by atomic mass is 9.95. The minimum Gasteiger partial charge on any atom is -0.349 e. The van der Waals surface area contributed by atoms with Crippen molar-refractivity contribution in [2.45, 2.75) is 44.7 Å². The van der Waals surface area contributed by atoms with Crippen molar-refractivity contribution >= 4 is 28.0 Å². The number of fused-ring (bicyclic) bond motifs is 2. The van der Waals surface area contributed by atoms with Crippen molar-refractivity contribution in [1.29, 1.82) is 0 Å². The topological polar surface area (TPSA) is 85.6 Å². The number of pyridine rings is 2. The van der Waals surface area contributed by atoms with Gasteiger partial charge < -0.3 is 5.32 Å². The van der Waals surface area contributed by atoms with E-state index >= 15 is 0 Å². The van der Waals surface area contributed by atoms with E-state index in [2.05, 4.69) is 26.7 Å². The fraction of sp³-hybridized carbons (Fsp3) is 0.250. The summed E-state index contributed by atoms with van der Waals surface area (Å²) in [6, 6.07) is 18.4. The van der Waals surface area contributed by atoms with Crippen molar-refractivity contribution < 1.29 is 9.18 Å². The summed E-state index contributed by atoms with van der Waals surface area (Å²) < 4.78 is 16.7. The molecular formula is C28H25FN6O. The van der Waals surface area contributed by atoms with Crippen LogP contribution in [-0.4, -0.2) is 36.9 Å². The largest absolute Gasteiger partial charge is 0.349 e. The third-order valence-electron chi connectivity index (χ3n) is 6.81. The summed E-state index contributed by atoms with van der Waals surface area (Å²) in [5, 5.41) is 12.5. The van der Waals surface area contributed by atoms with Gasteiger partial charge in [-0.05, 0) is 60.9 Å². The quantitative estimate of drug-likeness (QED) is 0.369. The highest BCUT2D eigenvalue weighted by molar-refractivity contribution is 5.95. The second-order valence-corrected chi connectivity index (χ2v) is 9.32. The van der Waals surface area contributed by atoms with Gasteiger partial charge in [-0.15, -0.1) is 5.10 Å². The molecule has 0 saturated heterocycles. The molecule has 1 amide bonds. The zero-order valence-corrected chi connectivity index (χ0v) is 19.7. The Hall–Kier alpha value is -4.20. The smallest absolute Gasteiger partial charge is 0.254 e. The average molecular weight is 481 g/mol. The Morgan fingerprint density at radius 1 is 1.00 bits per heavy atom. The Kier molecular flexibility index (Phi) is 5.85. The zero-order valence-electron chi connectivity index (χ0n) is 19.7. The van der Waals surface area contributed by atoms with Crippen molar-refractivity contribution in [1.82, 2.24) is 30.3 Å². The first kappa shape index (κ1) is 22.3. The highest BCUT2D eigenvalue weighted by Crippen LogP contribution is 2.24.